The van der Waals surface area contributed by atoms with Crippen LogP contribution in [0.4, 0.5) is 0 Å². The van der Waals surface area contributed by atoms with E-state index in [1.807, 2.05) is 19.1 Å². The minimum atomic E-state index is -2.00. The summed E-state index contributed by atoms with van der Waals surface area (Å²) in [7, 11) is 1.57. The van der Waals surface area contributed by atoms with Crippen molar-refractivity contribution in [3.63, 3.8) is 0 Å². The predicted octanol–water partition coefficient (Wildman–Crippen LogP) is 1.55. The van der Waals surface area contributed by atoms with Gasteiger partial charge in [-0.1, -0.05) is 27.7 Å². The number of hydrogen-bond acceptors (Lipinski definition) is 17. The number of carboxylic acids is 1. The largest absolute Gasteiger partial charge is 0.481 e. The van der Waals surface area contributed by atoms with E-state index in [0.29, 0.717) is 100 Å². The van der Waals surface area contributed by atoms with E-state index in [1.165, 1.54) is 4.90 Å². The first kappa shape index (κ1) is 57.7. The number of esters is 2. The highest BCUT2D eigenvalue weighted by Crippen LogP contribution is 2.42. The second-order valence-electron chi connectivity index (χ2n) is 17.8. The number of fused-ring (bicyclic) bond motifs is 6. The van der Waals surface area contributed by atoms with Crippen molar-refractivity contribution in [1.29, 1.82) is 0 Å². The van der Waals surface area contributed by atoms with E-state index >= 15 is 0 Å². The Morgan fingerprint density at radius 3 is 2.18 bits per heavy atom. The number of hydrogen-bond donors (Lipinski definition) is 5. The van der Waals surface area contributed by atoms with Crippen LogP contribution in [-0.4, -0.2) is 146 Å². The molecule has 2 atom stereocenters. The molecule has 2 unspecified atom stereocenters. The highest BCUT2D eigenvalue weighted by atomic mass is 16.7. The van der Waals surface area contributed by atoms with Crippen molar-refractivity contribution in [2.24, 2.45) is 11.7 Å². The van der Waals surface area contributed by atoms with E-state index in [0.717, 1.165) is 10.9 Å². The van der Waals surface area contributed by atoms with Gasteiger partial charge in [0.05, 0.1) is 81.6 Å². The Morgan fingerprint density at radius 1 is 0.851 bits per heavy atom. The van der Waals surface area contributed by atoms with Crippen molar-refractivity contribution in [3.8, 4) is 22.9 Å². The van der Waals surface area contributed by atoms with Gasteiger partial charge < -0.3 is 69.4 Å². The van der Waals surface area contributed by atoms with E-state index in [2.05, 4.69) is 16.0 Å². The lowest BCUT2D eigenvalue weighted by molar-refractivity contribution is -0.191. The fraction of sp³-hybridized carbons (Fsp3) is 0.560. The van der Waals surface area contributed by atoms with E-state index < -0.39 is 59.4 Å². The van der Waals surface area contributed by atoms with Gasteiger partial charge in [0.25, 0.3) is 5.56 Å². The number of nitrogens with two attached hydrogens (primary N) is 1. The third-order valence-electron chi connectivity index (χ3n) is 12.1. The van der Waals surface area contributed by atoms with E-state index in [-0.39, 0.29) is 81.0 Å². The van der Waals surface area contributed by atoms with Crippen LogP contribution < -0.4 is 36.7 Å². The van der Waals surface area contributed by atoms with E-state index in [9.17, 15) is 43.2 Å². The Balaban J connectivity index is 0.000000358. The number of aliphatic carboxylic acids is 1. The number of benzene rings is 1. The van der Waals surface area contributed by atoms with Crippen LogP contribution in [0, 0.1) is 5.92 Å². The minimum absolute atomic E-state index is 0.0654. The summed E-state index contributed by atoms with van der Waals surface area (Å²) in [5.41, 5.74) is 5.30. The zero-order chi connectivity index (χ0) is 54.0. The normalized spacial score (nSPS) is 15.1. The number of carbonyl (C=O) groups excluding carboxylic acids is 7. The van der Waals surface area contributed by atoms with Crippen LogP contribution in [-0.2, 0) is 80.8 Å². The van der Waals surface area contributed by atoms with Gasteiger partial charge in [-0.3, -0.25) is 33.6 Å². The van der Waals surface area contributed by atoms with Crippen molar-refractivity contribution < 1.29 is 76.6 Å². The number of aromatic nitrogens is 2. The quantitative estimate of drug-likeness (QED) is 0.0398. The summed E-state index contributed by atoms with van der Waals surface area (Å²) in [4.78, 5) is 117. The molecule has 0 saturated heterocycles. The fourth-order valence-electron chi connectivity index (χ4n) is 8.19. The number of rotatable bonds is 28. The van der Waals surface area contributed by atoms with Gasteiger partial charge >= 0.3 is 17.9 Å². The number of pyridine rings is 2. The molecule has 3 aromatic rings. The molecule has 3 aliphatic heterocycles. The van der Waals surface area contributed by atoms with Gasteiger partial charge in [0.15, 0.2) is 11.5 Å². The lowest BCUT2D eigenvalue weighted by atomic mass is 9.85. The molecule has 0 spiro atoms. The topological polar surface area (TPSA) is 322 Å². The second-order valence-corrected chi connectivity index (χ2v) is 17.8. The first-order chi connectivity index (χ1) is 35.4. The average molecular weight is 1040 g/mol. The van der Waals surface area contributed by atoms with Gasteiger partial charge in [-0.15, -0.1) is 0 Å². The zero-order valence-corrected chi connectivity index (χ0v) is 42.5. The molecule has 0 bridgehead atoms. The molecule has 24 nitrogen and oxygen atoms in total. The maximum absolute atomic E-state index is 14.0. The molecular weight excluding hydrogens is 971 g/mol. The molecule has 2 aromatic heterocycles. The van der Waals surface area contributed by atoms with Gasteiger partial charge in [-0.25, -0.2) is 14.6 Å². The van der Waals surface area contributed by atoms with Gasteiger partial charge in [-0.2, -0.15) is 0 Å². The summed E-state index contributed by atoms with van der Waals surface area (Å²) in [5.74, 6) is -3.98. The van der Waals surface area contributed by atoms with Gasteiger partial charge in [0.2, 0.25) is 41.9 Å². The van der Waals surface area contributed by atoms with Crippen LogP contribution in [0.3, 0.4) is 0 Å². The Kier molecular flexibility index (Phi) is 21.6. The molecule has 1 aromatic carbocycles. The summed E-state index contributed by atoms with van der Waals surface area (Å²) >= 11 is 0. The summed E-state index contributed by atoms with van der Waals surface area (Å²) in [6, 6.07) is 5.94. The first-order valence-corrected chi connectivity index (χ1v) is 24.6. The van der Waals surface area contributed by atoms with Crippen LogP contribution in [0.1, 0.15) is 95.8 Å². The lowest BCUT2D eigenvalue weighted by Crippen LogP contribution is -2.54. The lowest BCUT2D eigenvalue weighted by Gasteiger charge is -2.37. The molecule has 0 radical (unpaired) electrons. The number of carbonyl (C=O) groups is 8. The molecule has 5 heterocycles. The zero-order valence-electron chi connectivity index (χ0n) is 42.5. The summed E-state index contributed by atoms with van der Waals surface area (Å²) < 4.78 is 39.7. The van der Waals surface area contributed by atoms with Crippen molar-refractivity contribution in [2.45, 2.75) is 104 Å². The number of nitrogens with zero attached hydrogens (tertiary/aromatic N) is 3. The molecular formula is C50H67N7O17. The number of cyclic esters (lactones) is 1. The van der Waals surface area contributed by atoms with Crippen molar-refractivity contribution in [2.75, 3.05) is 73.1 Å². The average Bonchev–Trinajstić information content (AvgIpc) is 3.98. The number of carboxylic acid groups (broad SMARTS) is 1. The number of primary amides is 1. The molecule has 0 fully saturated rings. The van der Waals surface area contributed by atoms with Crippen molar-refractivity contribution >= 4 is 58.3 Å². The van der Waals surface area contributed by atoms with Crippen LogP contribution in [0.2, 0.25) is 0 Å². The van der Waals surface area contributed by atoms with Crippen LogP contribution >= 0.6 is 0 Å². The number of nitrogens with one attached hydrogen (secondary N) is 3. The monoisotopic (exact) mass is 1040 g/mol. The molecule has 6 N–H and O–H groups in total. The molecule has 0 saturated carbocycles. The van der Waals surface area contributed by atoms with Crippen molar-refractivity contribution in [3.05, 3.63) is 51.3 Å². The Morgan fingerprint density at radius 2 is 1.53 bits per heavy atom. The SMILES string of the molecule is CCCN(CC(=O)NC(C(=O)OC1(CC)C(=O)OCc2c1cc1n(c2=O)Cc2cc3cc4c(cc3nc2-1)OCO4)C(C)C)C(=O)CCC(=O)O.CNC(=O)CCCC(=O)NCCOCCOCCOCCC(N)=O. The molecule has 6 rings (SSSR count). The van der Waals surface area contributed by atoms with Crippen LogP contribution in [0.5, 0.6) is 11.5 Å². The van der Waals surface area contributed by atoms with Crippen LogP contribution in [0.15, 0.2) is 29.1 Å². The summed E-state index contributed by atoms with van der Waals surface area (Å²) in [5, 5.41) is 17.6. The molecule has 0 aliphatic carbocycles. The van der Waals surface area contributed by atoms with Gasteiger partial charge in [0, 0.05) is 68.4 Å². The minimum Gasteiger partial charge on any atom is -0.481 e. The summed E-state index contributed by atoms with van der Waals surface area (Å²) in [6.45, 7) is 9.44. The Labute approximate surface area is 427 Å². The van der Waals surface area contributed by atoms with E-state index in [1.54, 1.807) is 44.5 Å². The maximum atomic E-state index is 14.0. The third-order valence-corrected chi connectivity index (χ3v) is 12.1. The fourth-order valence-corrected chi connectivity index (χ4v) is 8.19. The maximum Gasteiger partial charge on any atom is 0.355 e. The molecule has 5 amide bonds. The summed E-state index contributed by atoms with van der Waals surface area (Å²) in [6.07, 6.45) is 1.21. The van der Waals surface area contributed by atoms with Gasteiger partial charge in [0.1, 0.15) is 12.6 Å². The number of amides is 5. The van der Waals surface area contributed by atoms with E-state index in [4.69, 9.17) is 49.0 Å². The third kappa shape index (κ3) is 15.4. The smallest absolute Gasteiger partial charge is 0.355 e. The molecule has 404 valence electrons. The predicted molar refractivity (Wildman–Crippen MR) is 262 cm³/mol. The van der Waals surface area contributed by atoms with Gasteiger partial charge in [-0.05, 0) is 43.4 Å². The first-order valence-electron chi connectivity index (χ1n) is 24.6. The van der Waals surface area contributed by atoms with Crippen LogP contribution in [0.25, 0.3) is 22.3 Å². The number of ether oxygens (including phenoxy) is 7. The highest BCUT2D eigenvalue weighted by molar-refractivity contribution is 5.92. The Hall–Kier alpha value is -7.18. The highest BCUT2D eigenvalue weighted by Gasteiger charge is 2.51. The van der Waals surface area contributed by atoms with Crippen molar-refractivity contribution in [1.82, 2.24) is 30.4 Å². The molecule has 74 heavy (non-hydrogen) atoms. The Bertz CT molecular complexity index is 2600. The molecule has 3 aliphatic rings. The molecule has 24 heteroatoms. The second kappa shape index (κ2) is 27.8. The standard InChI is InChI=1S/C35H38N4O11.C15H29N3O6/c1-5-9-38(28(41)7-8-29(42)43)15-27(40)37-30(18(3)4)33(45)50-35(6-2)22-12-24-31-20(14-39(24)32(44)21(22)16-47-34(35)46)10-19-11-25-26(49-17-48-25)13-23(19)36-31;1-17-14(20)3-2-4-15(21)18-6-8-23-10-12-24-11-9-22-7-5-13(16)19/h10-13,18,30H,5-9,14-17H2,1-4H3,(H,37,40)(H,42,43);2-12H2,1H3,(H2,16,19)(H,17,20)(H,18,21).